The largest absolute Gasteiger partial charge is 0.297 e. The molecule has 19 heavy (non-hydrogen) atoms. The highest BCUT2D eigenvalue weighted by atomic mass is 32.1. The summed E-state index contributed by atoms with van der Waals surface area (Å²) < 4.78 is 2.23. The smallest absolute Gasteiger partial charge is 0.283 e. The number of nitro groups is 1. The average molecular weight is 278 g/mol. The molecule has 2 rings (SSSR count). The van der Waals surface area contributed by atoms with Crippen LogP contribution in [0.4, 0.5) is 5.69 Å². The molecular weight excluding hydrogens is 264 g/mol. The van der Waals surface area contributed by atoms with E-state index in [4.69, 9.17) is 12.2 Å². The van der Waals surface area contributed by atoms with E-state index in [1.165, 1.54) is 0 Å². The Kier molecular flexibility index (Phi) is 3.48. The molecule has 0 unspecified atom stereocenters. The van der Waals surface area contributed by atoms with Crippen molar-refractivity contribution in [2.75, 3.05) is 0 Å². The van der Waals surface area contributed by atoms with Gasteiger partial charge in [0.05, 0.1) is 10.5 Å². The van der Waals surface area contributed by atoms with Gasteiger partial charge in [0.2, 0.25) is 0 Å². The van der Waals surface area contributed by atoms with Gasteiger partial charge in [0.1, 0.15) is 0 Å². The third kappa shape index (κ3) is 2.28. The highest BCUT2D eigenvalue weighted by Crippen LogP contribution is 2.32. The molecule has 0 amide bonds. The normalized spacial score (nSPS) is 10.9. The molecule has 7 heteroatoms. The van der Waals surface area contributed by atoms with Crippen LogP contribution in [0.2, 0.25) is 0 Å². The van der Waals surface area contributed by atoms with Gasteiger partial charge in [0, 0.05) is 11.6 Å². The number of nitro benzene ring substituents is 1. The van der Waals surface area contributed by atoms with Crippen LogP contribution in [0.5, 0.6) is 0 Å². The Bertz CT molecular complexity index is 687. The van der Waals surface area contributed by atoms with E-state index < -0.39 is 0 Å². The molecule has 0 radical (unpaired) electrons. The zero-order valence-corrected chi connectivity index (χ0v) is 11.7. The Balaban J connectivity index is 2.77. The van der Waals surface area contributed by atoms with Crippen molar-refractivity contribution in [2.24, 2.45) is 0 Å². The first kappa shape index (κ1) is 13.4. The SMILES string of the molecule is Cc1cccc(-c2n[nH]c(=S)n2C(C)C)c1[N+](=O)[O-]. The summed E-state index contributed by atoms with van der Waals surface area (Å²) in [7, 11) is 0. The lowest BCUT2D eigenvalue weighted by atomic mass is 10.1. The summed E-state index contributed by atoms with van der Waals surface area (Å²) in [6.45, 7) is 5.62. The lowest BCUT2D eigenvalue weighted by molar-refractivity contribution is -0.384. The quantitative estimate of drug-likeness (QED) is 0.530. The number of hydrogen-bond donors (Lipinski definition) is 1. The van der Waals surface area contributed by atoms with E-state index in [0.717, 1.165) is 0 Å². The van der Waals surface area contributed by atoms with Crippen molar-refractivity contribution in [3.05, 3.63) is 38.6 Å². The Labute approximate surface area is 115 Å². The topological polar surface area (TPSA) is 76.8 Å². The van der Waals surface area contributed by atoms with Crippen molar-refractivity contribution >= 4 is 17.9 Å². The van der Waals surface area contributed by atoms with Gasteiger partial charge in [-0.15, -0.1) is 0 Å². The second-order valence-corrected chi connectivity index (χ2v) is 4.93. The lowest BCUT2D eigenvalue weighted by Crippen LogP contribution is -2.05. The Morgan fingerprint density at radius 3 is 2.74 bits per heavy atom. The molecule has 0 aliphatic heterocycles. The van der Waals surface area contributed by atoms with Crippen LogP contribution in [0, 0.1) is 21.8 Å². The first-order chi connectivity index (χ1) is 8.93. The number of H-pyrrole nitrogens is 1. The highest BCUT2D eigenvalue weighted by molar-refractivity contribution is 7.71. The van der Waals surface area contributed by atoms with Gasteiger partial charge in [0.15, 0.2) is 10.6 Å². The molecule has 0 spiro atoms. The van der Waals surface area contributed by atoms with Gasteiger partial charge < -0.3 is 0 Å². The molecule has 2 aromatic rings. The second-order valence-electron chi connectivity index (χ2n) is 4.54. The van der Waals surface area contributed by atoms with E-state index in [9.17, 15) is 10.1 Å². The monoisotopic (exact) mass is 278 g/mol. The van der Waals surface area contributed by atoms with E-state index in [1.807, 2.05) is 13.8 Å². The fourth-order valence-electron chi connectivity index (χ4n) is 2.06. The summed E-state index contributed by atoms with van der Waals surface area (Å²) >= 11 is 5.17. The van der Waals surface area contributed by atoms with Gasteiger partial charge in [-0.1, -0.05) is 12.1 Å². The van der Waals surface area contributed by atoms with Gasteiger partial charge in [-0.3, -0.25) is 19.8 Å². The maximum atomic E-state index is 11.2. The van der Waals surface area contributed by atoms with Crippen molar-refractivity contribution in [2.45, 2.75) is 26.8 Å². The minimum Gasteiger partial charge on any atom is -0.297 e. The second kappa shape index (κ2) is 4.93. The van der Waals surface area contributed by atoms with Crippen LogP contribution in [0.25, 0.3) is 11.4 Å². The molecule has 0 saturated carbocycles. The predicted octanol–water partition coefficient (Wildman–Crippen LogP) is 3.41. The highest BCUT2D eigenvalue weighted by Gasteiger charge is 2.23. The Hall–Kier alpha value is -2.02. The Morgan fingerprint density at radius 1 is 1.47 bits per heavy atom. The number of aromatic nitrogens is 3. The third-order valence-corrected chi connectivity index (χ3v) is 3.17. The van der Waals surface area contributed by atoms with Crippen LogP contribution in [-0.4, -0.2) is 19.7 Å². The summed E-state index contributed by atoms with van der Waals surface area (Å²) in [6.07, 6.45) is 0. The molecule has 1 aromatic carbocycles. The molecule has 1 aromatic heterocycles. The zero-order chi connectivity index (χ0) is 14.2. The third-order valence-electron chi connectivity index (χ3n) is 2.88. The molecule has 1 N–H and O–H groups in total. The summed E-state index contributed by atoms with van der Waals surface area (Å²) in [5, 5.41) is 18.1. The first-order valence-electron chi connectivity index (χ1n) is 5.84. The van der Waals surface area contributed by atoms with Crippen molar-refractivity contribution < 1.29 is 4.92 Å². The van der Waals surface area contributed by atoms with E-state index in [2.05, 4.69) is 10.2 Å². The van der Waals surface area contributed by atoms with E-state index >= 15 is 0 Å². The van der Waals surface area contributed by atoms with E-state index in [-0.39, 0.29) is 16.7 Å². The number of nitrogens with one attached hydrogen (secondary N) is 1. The van der Waals surface area contributed by atoms with Crippen molar-refractivity contribution in [1.82, 2.24) is 14.8 Å². The number of aryl methyl sites for hydroxylation is 1. The fourth-order valence-corrected chi connectivity index (χ4v) is 2.40. The molecule has 0 saturated heterocycles. The predicted molar refractivity (Wildman–Crippen MR) is 74.6 cm³/mol. The number of para-hydroxylation sites is 1. The fraction of sp³-hybridized carbons (Fsp3) is 0.333. The van der Waals surface area contributed by atoms with Crippen LogP contribution in [0.1, 0.15) is 25.5 Å². The minimum atomic E-state index is -0.382. The number of hydrogen-bond acceptors (Lipinski definition) is 4. The lowest BCUT2D eigenvalue weighted by Gasteiger charge is -2.11. The maximum absolute atomic E-state index is 11.2. The zero-order valence-electron chi connectivity index (χ0n) is 10.9. The summed E-state index contributed by atoms with van der Waals surface area (Å²) in [5.74, 6) is 0.496. The van der Waals surface area contributed by atoms with Crippen molar-refractivity contribution in [1.29, 1.82) is 0 Å². The molecule has 6 nitrogen and oxygen atoms in total. The summed E-state index contributed by atoms with van der Waals surface area (Å²) in [6, 6.07) is 5.25. The minimum absolute atomic E-state index is 0.0680. The van der Waals surface area contributed by atoms with Crippen molar-refractivity contribution in [3.63, 3.8) is 0 Å². The van der Waals surface area contributed by atoms with E-state index in [1.54, 1.807) is 29.7 Å². The van der Waals surface area contributed by atoms with Crippen LogP contribution in [0.15, 0.2) is 18.2 Å². The van der Waals surface area contributed by atoms with Gasteiger partial charge in [-0.05, 0) is 39.1 Å². The molecule has 100 valence electrons. The molecule has 1 heterocycles. The Morgan fingerprint density at radius 2 is 2.16 bits per heavy atom. The number of rotatable bonds is 3. The number of aromatic amines is 1. The average Bonchev–Trinajstić information content (AvgIpc) is 2.70. The van der Waals surface area contributed by atoms with E-state index in [0.29, 0.717) is 21.7 Å². The first-order valence-corrected chi connectivity index (χ1v) is 6.25. The summed E-state index contributed by atoms with van der Waals surface area (Å²) in [5.41, 5.74) is 1.15. The molecular formula is C12H14N4O2S. The standard InChI is InChI=1S/C12H14N4O2S/c1-7(2)15-11(13-14-12(15)19)9-6-4-5-8(3)10(9)16(17)18/h4-7H,1-3H3,(H,14,19). The molecule has 0 bridgehead atoms. The molecule has 0 aliphatic rings. The summed E-state index contributed by atoms with van der Waals surface area (Å²) in [4.78, 5) is 10.9. The number of nitrogens with zero attached hydrogens (tertiary/aromatic N) is 3. The number of benzene rings is 1. The van der Waals surface area contributed by atoms with Crippen LogP contribution >= 0.6 is 12.2 Å². The van der Waals surface area contributed by atoms with Gasteiger partial charge in [-0.25, -0.2) is 0 Å². The van der Waals surface area contributed by atoms with Gasteiger partial charge in [-0.2, -0.15) is 5.10 Å². The maximum Gasteiger partial charge on any atom is 0.283 e. The van der Waals surface area contributed by atoms with Crippen molar-refractivity contribution in [3.8, 4) is 11.4 Å². The molecule has 0 atom stereocenters. The van der Waals surface area contributed by atoms with Gasteiger partial charge >= 0.3 is 0 Å². The molecule has 0 fully saturated rings. The molecule has 0 aliphatic carbocycles. The van der Waals surface area contributed by atoms with Gasteiger partial charge in [0.25, 0.3) is 5.69 Å². The van der Waals surface area contributed by atoms with Crippen LogP contribution in [-0.2, 0) is 0 Å². The van der Waals surface area contributed by atoms with Crippen LogP contribution in [0.3, 0.4) is 0 Å². The van der Waals surface area contributed by atoms with Crippen LogP contribution < -0.4 is 0 Å².